The van der Waals surface area contributed by atoms with E-state index in [9.17, 15) is 0 Å². The molecule has 3 rings (SSSR count). The minimum absolute atomic E-state index is 0.0709. The van der Waals surface area contributed by atoms with E-state index in [1.807, 2.05) is 23.9 Å². The molecule has 6 heteroatoms. The highest BCUT2D eigenvalue weighted by atomic mass is 32.1. The molecule has 0 fully saturated rings. The van der Waals surface area contributed by atoms with Gasteiger partial charge in [0, 0.05) is 36.1 Å². The molecule has 0 aliphatic heterocycles. The molecule has 1 N–H and O–H groups in total. The lowest BCUT2D eigenvalue weighted by molar-refractivity contribution is 0.420. The van der Waals surface area contributed by atoms with E-state index in [0.29, 0.717) is 0 Å². The number of hydrogen-bond acceptors (Lipinski definition) is 4. The molecule has 0 aliphatic carbocycles. The summed E-state index contributed by atoms with van der Waals surface area (Å²) in [6.07, 6.45) is 5.84. The van der Waals surface area contributed by atoms with Crippen molar-refractivity contribution in [2.45, 2.75) is 39.8 Å². The van der Waals surface area contributed by atoms with Crippen LogP contribution in [0.5, 0.6) is 0 Å². The Bertz CT molecular complexity index is 728. The molecule has 0 saturated carbocycles. The lowest BCUT2D eigenvalue weighted by Crippen LogP contribution is -2.35. The quantitative estimate of drug-likeness (QED) is 0.806. The van der Waals surface area contributed by atoms with Crippen LogP contribution < -0.4 is 5.32 Å². The van der Waals surface area contributed by atoms with E-state index >= 15 is 0 Å². The summed E-state index contributed by atoms with van der Waals surface area (Å²) in [6.45, 7) is 9.27. The van der Waals surface area contributed by atoms with Crippen molar-refractivity contribution in [2.24, 2.45) is 0 Å². The standard InChI is InChI=1S/C14H19N5S/c1-10-15-5-6-18(10)12-11(9-16-14(2,3)4)19-7-8-20-13(19)17-12/h5-8,16H,9H2,1-4H3. The predicted molar refractivity (Wildman–Crippen MR) is 81.5 cm³/mol. The molecular weight excluding hydrogens is 270 g/mol. The SMILES string of the molecule is Cc1nccn1-c1nc2sccn2c1CNC(C)(C)C. The van der Waals surface area contributed by atoms with Crippen LogP contribution in [-0.2, 0) is 6.54 Å². The average molecular weight is 289 g/mol. The first-order valence-corrected chi connectivity index (χ1v) is 7.53. The molecule has 0 atom stereocenters. The van der Waals surface area contributed by atoms with Crippen LogP contribution in [0.3, 0.4) is 0 Å². The lowest BCUT2D eigenvalue weighted by Gasteiger charge is -2.20. The molecule has 0 aromatic carbocycles. The van der Waals surface area contributed by atoms with Crippen LogP contribution in [0, 0.1) is 6.92 Å². The Morgan fingerprint density at radius 3 is 2.75 bits per heavy atom. The number of aryl methyl sites for hydroxylation is 1. The lowest BCUT2D eigenvalue weighted by atomic mass is 10.1. The van der Waals surface area contributed by atoms with Gasteiger partial charge < -0.3 is 5.32 Å². The molecule has 3 heterocycles. The van der Waals surface area contributed by atoms with Crippen LogP contribution in [0.25, 0.3) is 10.8 Å². The normalized spacial score (nSPS) is 12.4. The second kappa shape index (κ2) is 4.71. The smallest absolute Gasteiger partial charge is 0.195 e. The third-order valence-corrected chi connectivity index (χ3v) is 3.94. The molecule has 20 heavy (non-hydrogen) atoms. The minimum atomic E-state index is 0.0709. The highest BCUT2D eigenvalue weighted by molar-refractivity contribution is 7.15. The van der Waals surface area contributed by atoms with Crippen molar-refractivity contribution in [3.05, 3.63) is 35.5 Å². The monoisotopic (exact) mass is 289 g/mol. The molecule has 106 valence electrons. The van der Waals surface area contributed by atoms with Gasteiger partial charge in [-0.1, -0.05) is 0 Å². The summed E-state index contributed by atoms with van der Waals surface area (Å²) in [5, 5.41) is 5.60. The number of aromatic nitrogens is 4. The van der Waals surface area contributed by atoms with E-state index in [4.69, 9.17) is 4.98 Å². The van der Waals surface area contributed by atoms with Crippen molar-refractivity contribution >= 4 is 16.3 Å². The maximum atomic E-state index is 4.74. The summed E-state index contributed by atoms with van der Waals surface area (Å²) >= 11 is 1.65. The van der Waals surface area contributed by atoms with Crippen LogP contribution in [0.2, 0.25) is 0 Å². The number of nitrogens with zero attached hydrogens (tertiary/aromatic N) is 4. The summed E-state index contributed by atoms with van der Waals surface area (Å²) in [5.41, 5.74) is 1.24. The molecule has 0 radical (unpaired) electrons. The molecule has 0 amide bonds. The van der Waals surface area contributed by atoms with Crippen LogP contribution in [0.4, 0.5) is 0 Å². The van der Waals surface area contributed by atoms with Gasteiger partial charge in [-0.05, 0) is 27.7 Å². The fourth-order valence-electron chi connectivity index (χ4n) is 2.13. The second-order valence-electron chi connectivity index (χ2n) is 5.89. The molecule has 0 bridgehead atoms. The Balaban J connectivity index is 2.07. The van der Waals surface area contributed by atoms with Gasteiger partial charge >= 0.3 is 0 Å². The van der Waals surface area contributed by atoms with Crippen molar-refractivity contribution in [2.75, 3.05) is 0 Å². The van der Waals surface area contributed by atoms with Gasteiger partial charge in [0.1, 0.15) is 5.82 Å². The van der Waals surface area contributed by atoms with Crippen LogP contribution in [-0.4, -0.2) is 24.5 Å². The molecule has 5 nitrogen and oxygen atoms in total. The third kappa shape index (κ3) is 2.36. The number of thiazole rings is 1. The van der Waals surface area contributed by atoms with Gasteiger partial charge in [0.15, 0.2) is 10.8 Å². The fourth-order valence-corrected chi connectivity index (χ4v) is 2.86. The first-order chi connectivity index (χ1) is 9.46. The Morgan fingerprint density at radius 1 is 1.30 bits per heavy atom. The summed E-state index contributed by atoms with van der Waals surface area (Å²) in [6, 6.07) is 0. The molecule has 0 spiro atoms. The van der Waals surface area contributed by atoms with Gasteiger partial charge in [-0.25, -0.2) is 9.97 Å². The summed E-state index contributed by atoms with van der Waals surface area (Å²) in [4.78, 5) is 10.0. The van der Waals surface area contributed by atoms with E-state index in [1.54, 1.807) is 11.3 Å². The summed E-state index contributed by atoms with van der Waals surface area (Å²) in [5.74, 6) is 1.91. The summed E-state index contributed by atoms with van der Waals surface area (Å²) < 4.78 is 4.19. The van der Waals surface area contributed by atoms with Crippen molar-refractivity contribution in [1.29, 1.82) is 0 Å². The van der Waals surface area contributed by atoms with Gasteiger partial charge in [-0.15, -0.1) is 11.3 Å². The van der Waals surface area contributed by atoms with Crippen molar-refractivity contribution in [3.63, 3.8) is 0 Å². The van der Waals surface area contributed by atoms with E-state index in [2.05, 4.69) is 47.0 Å². The second-order valence-corrected chi connectivity index (χ2v) is 6.76. The van der Waals surface area contributed by atoms with E-state index in [-0.39, 0.29) is 5.54 Å². The summed E-state index contributed by atoms with van der Waals surface area (Å²) in [7, 11) is 0. The molecular formula is C14H19N5S. The number of fused-ring (bicyclic) bond motifs is 1. The van der Waals surface area contributed by atoms with Gasteiger partial charge in [0.05, 0.1) is 5.69 Å². The zero-order chi connectivity index (χ0) is 14.3. The maximum absolute atomic E-state index is 4.74. The maximum Gasteiger partial charge on any atom is 0.195 e. The first kappa shape index (κ1) is 13.3. The molecule has 0 saturated heterocycles. The zero-order valence-electron chi connectivity index (χ0n) is 12.2. The van der Waals surface area contributed by atoms with Crippen molar-refractivity contribution in [1.82, 2.24) is 24.3 Å². The molecule has 0 aliphatic rings. The van der Waals surface area contributed by atoms with Gasteiger partial charge in [-0.2, -0.15) is 0 Å². The van der Waals surface area contributed by atoms with Gasteiger partial charge in [-0.3, -0.25) is 8.97 Å². The van der Waals surface area contributed by atoms with E-state index < -0.39 is 0 Å². The molecule has 0 unspecified atom stereocenters. The average Bonchev–Trinajstić information content (AvgIpc) is 2.99. The van der Waals surface area contributed by atoms with Crippen molar-refractivity contribution in [3.8, 4) is 5.82 Å². The topological polar surface area (TPSA) is 47.2 Å². The fraction of sp³-hybridized carbons (Fsp3) is 0.429. The van der Waals surface area contributed by atoms with Crippen molar-refractivity contribution < 1.29 is 0 Å². The van der Waals surface area contributed by atoms with Gasteiger partial charge in [0.2, 0.25) is 0 Å². The highest BCUT2D eigenvalue weighted by Crippen LogP contribution is 2.22. The highest BCUT2D eigenvalue weighted by Gasteiger charge is 2.18. The Labute approximate surface area is 122 Å². The van der Waals surface area contributed by atoms with Crippen LogP contribution in [0.15, 0.2) is 24.0 Å². The first-order valence-electron chi connectivity index (χ1n) is 6.65. The Morgan fingerprint density at radius 2 is 2.10 bits per heavy atom. The number of rotatable bonds is 3. The Hall–Kier alpha value is -1.66. The van der Waals surface area contributed by atoms with Crippen LogP contribution >= 0.6 is 11.3 Å². The third-order valence-electron chi connectivity index (χ3n) is 3.18. The molecule has 3 aromatic rings. The number of hydrogen-bond donors (Lipinski definition) is 1. The largest absolute Gasteiger partial charge is 0.306 e. The van der Waals surface area contributed by atoms with Crippen LogP contribution in [0.1, 0.15) is 32.3 Å². The minimum Gasteiger partial charge on any atom is -0.306 e. The zero-order valence-corrected chi connectivity index (χ0v) is 13.0. The van der Waals surface area contributed by atoms with Gasteiger partial charge in [0.25, 0.3) is 0 Å². The molecule has 3 aromatic heterocycles. The van der Waals surface area contributed by atoms with E-state index in [0.717, 1.165) is 28.8 Å². The van der Waals surface area contributed by atoms with E-state index in [1.165, 1.54) is 0 Å². The predicted octanol–water partition coefficient (Wildman–Crippen LogP) is 2.78. The number of nitrogens with one attached hydrogen (secondary N) is 1. The Kier molecular flexibility index (Phi) is 3.14. The number of imidazole rings is 2.